The van der Waals surface area contributed by atoms with Gasteiger partial charge in [0.2, 0.25) is 0 Å². The van der Waals surface area contributed by atoms with Gasteiger partial charge in [0.25, 0.3) is 0 Å². The van der Waals surface area contributed by atoms with Gasteiger partial charge in [0.15, 0.2) is 0 Å². The van der Waals surface area contributed by atoms with Gasteiger partial charge in [-0.3, -0.25) is 0 Å². The van der Waals surface area contributed by atoms with Crippen molar-refractivity contribution in [1.29, 1.82) is 0 Å². The van der Waals surface area contributed by atoms with Crippen molar-refractivity contribution in [2.75, 3.05) is 0 Å². The number of nitrogens with zero attached hydrogens (tertiary/aromatic N) is 1. The minimum absolute atomic E-state index is 1.00. The van der Waals surface area contributed by atoms with Gasteiger partial charge in [-0.2, -0.15) is 0 Å². The Morgan fingerprint density at radius 3 is 1.86 bits per heavy atom. The maximum atomic E-state index is 2.62. The summed E-state index contributed by atoms with van der Waals surface area (Å²) in [5, 5.41) is 13.0. The molecular weight excluding hydrogens is 615 g/mol. The first kappa shape index (κ1) is 28.4. The molecule has 0 saturated carbocycles. The Kier molecular flexibility index (Phi) is 6.15. The van der Waals surface area contributed by atoms with Gasteiger partial charge in [0.05, 0.1) is 16.7 Å². The molecule has 0 fully saturated rings. The molecule has 1 aliphatic rings. The van der Waals surface area contributed by atoms with Gasteiger partial charge in [-0.1, -0.05) is 170 Å². The Hall–Kier alpha value is -6.44. The third-order valence-corrected chi connectivity index (χ3v) is 11.2. The highest BCUT2D eigenvalue weighted by atomic mass is 15.0. The van der Waals surface area contributed by atoms with Crippen LogP contribution < -0.4 is 0 Å². The summed E-state index contributed by atoms with van der Waals surface area (Å²) in [6.07, 6.45) is 6.82. The second-order valence-corrected chi connectivity index (χ2v) is 13.9. The predicted molar refractivity (Wildman–Crippen MR) is 219 cm³/mol. The van der Waals surface area contributed by atoms with E-state index >= 15 is 0 Å². The topological polar surface area (TPSA) is 4.93 Å². The summed E-state index contributed by atoms with van der Waals surface area (Å²) in [5.74, 6) is 0. The number of rotatable bonds is 3. The lowest BCUT2D eigenvalue weighted by Gasteiger charge is -2.25. The molecule has 1 nitrogen and oxygen atoms in total. The van der Waals surface area contributed by atoms with Crippen LogP contribution in [-0.2, 0) is 6.42 Å². The Morgan fingerprint density at radius 1 is 0.412 bits per heavy atom. The smallest absolute Gasteiger partial charge is 0.0626 e. The molecule has 1 heteroatoms. The van der Waals surface area contributed by atoms with Gasteiger partial charge >= 0.3 is 0 Å². The van der Waals surface area contributed by atoms with Crippen LogP contribution in [0, 0.1) is 0 Å². The third-order valence-electron chi connectivity index (χ3n) is 11.2. The van der Waals surface area contributed by atoms with Gasteiger partial charge in [-0.05, 0) is 73.7 Å². The molecule has 9 aromatic carbocycles. The monoisotopic (exact) mass is 647 g/mol. The summed E-state index contributed by atoms with van der Waals surface area (Å²) >= 11 is 0. The first-order valence-corrected chi connectivity index (χ1v) is 18.0. The minimum atomic E-state index is 1.00. The van der Waals surface area contributed by atoms with Crippen LogP contribution in [0.1, 0.15) is 17.5 Å². The van der Waals surface area contributed by atoms with Crippen LogP contribution in [0.15, 0.2) is 170 Å². The van der Waals surface area contributed by atoms with Crippen molar-refractivity contribution >= 4 is 71.0 Å². The number of hydrogen-bond acceptors (Lipinski definition) is 0. The molecule has 0 N–H and O–H groups in total. The lowest BCUT2D eigenvalue weighted by Crippen LogP contribution is -2.07. The van der Waals surface area contributed by atoms with E-state index in [0.717, 1.165) is 12.8 Å². The van der Waals surface area contributed by atoms with E-state index in [1.54, 1.807) is 0 Å². The fourth-order valence-corrected chi connectivity index (χ4v) is 9.06. The SMILES string of the molecule is C1=Cc2c(c(-c3ccc(-c4ccccc4)cc3)c3ccccc3c2-n2c3ccccc3c3c4c5ccccc5ccc4c4ccccc4c32)CC1. The van der Waals surface area contributed by atoms with Crippen molar-refractivity contribution in [3.63, 3.8) is 0 Å². The number of hydrogen-bond donors (Lipinski definition) is 0. The highest BCUT2D eigenvalue weighted by molar-refractivity contribution is 6.37. The zero-order valence-electron chi connectivity index (χ0n) is 28.1. The Morgan fingerprint density at radius 2 is 1.04 bits per heavy atom. The third kappa shape index (κ3) is 4.09. The summed E-state index contributed by atoms with van der Waals surface area (Å²) in [4.78, 5) is 0. The van der Waals surface area contributed by atoms with Crippen LogP contribution in [-0.4, -0.2) is 4.57 Å². The molecule has 1 aliphatic carbocycles. The van der Waals surface area contributed by atoms with Crippen LogP contribution in [0.25, 0.3) is 98.9 Å². The first-order valence-electron chi connectivity index (χ1n) is 18.0. The van der Waals surface area contributed by atoms with Crippen molar-refractivity contribution in [1.82, 2.24) is 4.57 Å². The summed E-state index contributed by atoms with van der Waals surface area (Å²) in [5.41, 5.74) is 11.7. The van der Waals surface area contributed by atoms with Crippen LogP contribution >= 0.6 is 0 Å². The van der Waals surface area contributed by atoms with Gasteiger partial charge in [-0.15, -0.1) is 0 Å². The van der Waals surface area contributed by atoms with E-state index in [4.69, 9.17) is 0 Å². The quantitative estimate of drug-likeness (QED) is 0.168. The number of allylic oxidation sites excluding steroid dienone is 1. The summed E-state index contributed by atoms with van der Waals surface area (Å²) < 4.78 is 2.62. The van der Waals surface area contributed by atoms with Crippen molar-refractivity contribution in [3.05, 3.63) is 181 Å². The first-order chi connectivity index (χ1) is 25.3. The minimum Gasteiger partial charge on any atom is -0.307 e. The largest absolute Gasteiger partial charge is 0.307 e. The zero-order chi connectivity index (χ0) is 33.5. The van der Waals surface area contributed by atoms with Gasteiger partial charge in [0, 0.05) is 32.5 Å². The summed E-state index contributed by atoms with van der Waals surface area (Å²) in [7, 11) is 0. The molecule has 1 aromatic heterocycles. The Labute approximate surface area is 296 Å². The standard InChI is InChI=1S/C50H33N/c1-2-14-32(15-3-1)33-26-28-35(29-27-33)46-38-19-7-10-22-42(38)49(43-23-11-8-20-39(43)46)51-45-25-13-12-24-44(45)48-47-36-17-5-4-16-34(36)30-31-40(47)37-18-6-9-21-41(37)50(48)51/h1-7,9-19,21-31H,8,20H2. The number of para-hydroxylation sites is 1. The Bertz CT molecular complexity index is 3050. The van der Waals surface area contributed by atoms with Crippen LogP contribution in [0.2, 0.25) is 0 Å². The van der Waals surface area contributed by atoms with Crippen molar-refractivity contribution in [2.24, 2.45) is 0 Å². The number of benzene rings is 9. The lowest BCUT2D eigenvalue weighted by atomic mass is 9.83. The molecule has 11 rings (SSSR count). The highest BCUT2D eigenvalue weighted by Crippen LogP contribution is 2.48. The average Bonchev–Trinajstić information content (AvgIpc) is 3.55. The second kappa shape index (κ2) is 11.0. The normalized spacial score (nSPS) is 12.9. The molecule has 0 aliphatic heterocycles. The van der Waals surface area contributed by atoms with E-state index in [0.29, 0.717) is 0 Å². The van der Waals surface area contributed by atoms with Crippen molar-refractivity contribution in [2.45, 2.75) is 12.8 Å². The molecule has 51 heavy (non-hydrogen) atoms. The van der Waals surface area contributed by atoms with Crippen molar-refractivity contribution in [3.8, 4) is 27.9 Å². The molecule has 0 radical (unpaired) electrons. The van der Waals surface area contributed by atoms with E-state index in [9.17, 15) is 0 Å². The van der Waals surface area contributed by atoms with E-state index in [1.165, 1.54) is 104 Å². The zero-order valence-corrected chi connectivity index (χ0v) is 28.1. The van der Waals surface area contributed by atoms with E-state index in [2.05, 4.69) is 181 Å². The molecule has 0 bridgehead atoms. The fraction of sp³-hybridized carbons (Fsp3) is 0.0400. The molecule has 0 amide bonds. The number of aromatic nitrogens is 1. The van der Waals surface area contributed by atoms with E-state index in [1.807, 2.05) is 0 Å². The highest BCUT2D eigenvalue weighted by Gasteiger charge is 2.26. The molecular formula is C50H33N. The maximum absolute atomic E-state index is 2.62. The van der Waals surface area contributed by atoms with E-state index in [-0.39, 0.29) is 0 Å². The Balaban J connectivity index is 1.31. The average molecular weight is 648 g/mol. The molecule has 0 spiro atoms. The summed E-state index contributed by atoms with van der Waals surface area (Å²) in [6.45, 7) is 0. The van der Waals surface area contributed by atoms with E-state index < -0.39 is 0 Å². The molecule has 0 unspecified atom stereocenters. The van der Waals surface area contributed by atoms with Gasteiger partial charge in [-0.25, -0.2) is 0 Å². The van der Waals surface area contributed by atoms with Crippen LogP contribution in [0.4, 0.5) is 0 Å². The number of fused-ring (bicyclic) bond motifs is 12. The lowest BCUT2D eigenvalue weighted by molar-refractivity contribution is 0.984. The van der Waals surface area contributed by atoms with Crippen LogP contribution in [0.5, 0.6) is 0 Å². The molecule has 0 atom stereocenters. The van der Waals surface area contributed by atoms with Crippen LogP contribution in [0.3, 0.4) is 0 Å². The molecule has 0 saturated heterocycles. The summed E-state index contributed by atoms with van der Waals surface area (Å²) in [6, 6.07) is 60.6. The second-order valence-electron chi connectivity index (χ2n) is 13.9. The maximum Gasteiger partial charge on any atom is 0.0626 e. The molecule has 238 valence electrons. The molecule has 10 aromatic rings. The van der Waals surface area contributed by atoms with Gasteiger partial charge < -0.3 is 4.57 Å². The fourth-order valence-electron chi connectivity index (χ4n) is 9.06. The van der Waals surface area contributed by atoms with Gasteiger partial charge in [0.1, 0.15) is 0 Å². The predicted octanol–water partition coefficient (Wildman–Crippen LogP) is 13.7. The van der Waals surface area contributed by atoms with Crippen molar-refractivity contribution < 1.29 is 0 Å². The molecule has 1 heterocycles.